The number of aliphatic hydroxyl groups is 1. The van der Waals surface area contributed by atoms with Crippen LogP contribution in [0.25, 0.3) is 0 Å². The van der Waals surface area contributed by atoms with Crippen molar-refractivity contribution in [1.82, 2.24) is 9.97 Å². The van der Waals surface area contributed by atoms with Crippen molar-refractivity contribution >= 4 is 17.4 Å². The molecule has 0 saturated carbocycles. The zero-order valence-electron chi connectivity index (χ0n) is 11.4. The molecule has 1 saturated heterocycles. The Bertz CT molecular complexity index is 440. The Hall–Kier alpha value is -0.910. The number of hydrogen-bond acceptors (Lipinski definition) is 5. The second-order valence-corrected chi connectivity index (χ2v) is 5.62. The van der Waals surface area contributed by atoms with Crippen LogP contribution in [-0.4, -0.2) is 40.9 Å². The van der Waals surface area contributed by atoms with E-state index in [2.05, 4.69) is 14.9 Å². The van der Waals surface area contributed by atoms with E-state index in [9.17, 15) is 5.11 Å². The highest BCUT2D eigenvalue weighted by molar-refractivity contribution is 6.29. The van der Waals surface area contributed by atoms with E-state index in [0.717, 1.165) is 38.2 Å². The molecule has 19 heavy (non-hydrogen) atoms. The molecule has 0 amide bonds. The van der Waals surface area contributed by atoms with E-state index in [-0.39, 0.29) is 0 Å². The summed E-state index contributed by atoms with van der Waals surface area (Å²) in [6.07, 6.45) is 2.48. The summed E-state index contributed by atoms with van der Waals surface area (Å²) in [5.41, 5.74) is -0.582. The topological polar surface area (TPSA) is 58.5 Å². The van der Waals surface area contributed by atoms with E-state index in [0.29, 0.717) is 17.6 Å². The van der Waals surface area contributed by atoms with Crippen LogP contribution in [0.1, 0.15) is 32.0 Å². The van der Waals surface area contributed by atoms with E-state index in [1.807, 2.05) is 6.92 Å². The summed E-state index contributed by atoms with van der Waals surface area (Å²) in [7, 11) is 1.60. The van der Waals surface area contributed by atoms with Crippen LogP contribution in [0.2, 0.25) is 5.15 Å². The fourth-order valence-electron chi connectivity index (χ4n) is 2.30. The predicted octanol–water partition coefficient (Wildman–Crippen LogP) is 2.02. The second kappa shape index (κ2) is 6.03. The van der Waals surface area contributed by atoms with Gasteiger partial charge in [0.1, 0.15) is 17.6 Å². The Kier molecular flexibility index (Phi) is 4.60. The molecule has 106 valence electrons. The summed E-state index contributed by atoms with van der Waals surface area (Å²) in [4.78, 5) is 10.7. The lowest BCUT2D eigenvalue weighted by Crippen LogP contribution is -2.29. The summed E-state index contributed by atoms with van der Waals surface area (Å²) in [5.74, 6) is 1.39. The van der Waals surface area contributed by atoms with Crippen molar-refractivity contribution < 1.29 is 9.84 Å². The average Bonchev–Trinajstić information content (AvgIpc) is 2.50. The number of methoxy groups -OCH3 is 1. The smallest absolute Gasteiger partial charge is 0.158 e. The van der Waals surface area contributed by atoms with E-state index in [1.54, 1.807) is 13.2 Å². The van der Waals surface area contributed by atoms with Gasteiger partial charge >= 0.3 is 0 Å². The number of nitrogens with zero attached hydrogens (tertiary/aromatic N) is 3. The van der Waals surface area contributed by atoms with Crippen molar-refractivity contribution in [2.24, 2.45) is 0 Å². The molecule has 0 bridgehead atoms. The van der Waals surface area contributed by atoms with Crippen LogP contribution in [0.3, 0.4) is 0 Å². The Balaban J connectivity index is 2.16. The van der Waals surface area contributed by atoms with Crippen molar-refractivity contribution in [3.05, 3.63) is 17.0 Å². The number of rotatable bonds is 3. The molecule has 0 spiro atoms. The molecule has 1 aliphatic rings. The minimum atomic E-state index is -0.582. The molecule has 1 N–H and O–H groups in total. The number of hydrogen-bond donors (Lipinski definition) is 1. The molecule has 1 fully saturated rings. The Morgan fingerprint density at radius 2 is 2.21 bits per heavy atom. The van der Waals surface area contributed by atoms with Gasteiger partial charge in [0.15, 0.2) is 5.82 Å². The van der Waals surface area contributed by atoms with Crippen molar-refractivity contribution in [3.63, 3.8) is 0 Å². The molecular formula is C13H20ClN3O2. The van der Waals surface area contributed by atoms with Crippen molar-refractivity contribution in [1.29, 1.82) is 0 Å². The number of halogens is 1. The predicted molar refractivity (Wildman–Crippen MR) is 74.4 cm³/mol. The van der Waals surface area contributed by atoms with Gasteiger partial charge in [-0.2, -0.15) is 0 Å². The zero-order chi connectivity index (χ0) is 13.9. The minimum Gasteiger partial charge on any atom is -0.390 e. The Morgan fingerprint density at radius 1 is 1.42 bits per heavy atom. The molecule has 6 heteroatoms. The Morgan fingerprint density at radius 3 is 2.95 bits per heavy atom. The van der Waals surface area contributed by atoms with Crippen LogP contribution in [0.15, 0.2) is 6.07 Å². The Labute approximate surface area is 118 Å². The van der Waals surface area contributed by atoms with Gasteiger partial charge in [-0.3, -0.25) is 0 Å². The van der Waals surface area contributed by atoms with Gasteiger partial charge < -0.3 is 14.7 Å². The van der Waals surface area contributed by atoms with Gasteiger partial charge in [0, 0.05) is 26.3 Å². The van der Waals surface area contributed by atoms with Gasteiger partial charge in [-0.15, -0.1) is 0 Å². The molecule has 2 rings (SSSR count). The summed E-state index contributed by atoms with van der Waals surface area (Å²) in [6, 6.07) is 1.76. The van der Waals surface area contributed by atoms with Crippen LogP contribution >= 0.6 is 11.6 Å². The first-order chi connectivity index (χ1) is 9.00. The molecule has 2 heterocycles. The lowest BCUT2D eigenvalue weighted by molar-refractivity contribution is 0.0481. The fraction of sp³-hybridized carbons (Fsp3) is 0.692. The van der Waals surface area contributed by atoms with Crippen LogP contribution < -0.4 is 4.90 Å². The largest absolute Gasteiger partial charge is 0.390 e. The van der Waals surface area contributed by atoms with Gasteiger partial charge in [0.05, 0.1) is 5.60 Å². The minimum absolute atomic E-state index is 0.346. The van der Waals surface area contributed by atoms with E-state index in [4.69, 9.17) is 16.3 Å². The molecule has 0 aliphatic carbocycles. The van der Waals surface area contributed by atoms with Gasteiger partial charge in [-0.1, -0.05) is 11.6 Å². The molecular weight excluding hydrogens is 266 g/mol. The maximum atomic E-state index is 10.1. The van der Waals surface area contributed by atoms with Gasteiger partial charge in [-0.25, -0.2) is 9.97 Å². The van der Waals surface area contributed by atoms with Crippen molar-refractivity contribution in [3.8, 4) is 0 Å². The van der Waals surface area contributed by atoms with Crippen molar-refractivity contribution in [2.75, 3.05) is 25.1 Å². The van der Waals surface area contributed by atoms with Gasteiger partial charge in [-0.05, 0) is 26.2 Å². The number of anilines is 1. The molecule has 1 aliphatic heterocycles. The third-order valence-corrected chi connectivity index (χ3v) is 3.58. The van der Waals surface area contributed by atoms with Crippen molar-refractivity contribution in [2.45, 2.75) is 38.4 Å². The monoisotopic (exact) mass is 285 g/mol. The SMILES string of the molecule is COCc1nc(Cl)cc(N2CCCC(C)(O)CC2)n1. The average molecular weight is 286 g/mol. The lowest BCUT2D eigenvalue weighted by atomic mass is 9.98. The summed E-state index contributed by atoms with van der Waals surface area (Å²) in [5, 5.41) is 10.5. The standard InChI is InChI=1S/C13H20ClN3O2/c1-13(18)4-3-6-17(7-5-13)12-8-10(14)15-11(16-12)9-19-2/h8,18H,3-7,9H2,1-2H3. The normalized spacial score (nSPS) is 24.3. The summed E-state index contributed by atoms with van der Waals surface area (Å²) >= 11 is 6.02. The molecule has 1 atom stereocenters. The van der Waals surface area contributed by atoms with Crippen LogP contribution in [0, 0.1) is 0 Å². The quantitative estimate of drug-likeness (QED) is 0.861. The number of ether oxygens (including phenoxy) is 1. The molecule has 0 radical (unpaired) electrons. The molecule has 0 aromatic carbocycles. The lowest BCUT2D eigenvalue weighted by Gasteiger charge is -2.23. The fourth-order valence-corrected chi connectivity index (χ4v) is 2.49. The van der Waals surface area contributed by atoms with Crippen LogP contribution in [0.5, 0.6) is 0 Å². The third-order valence-electron chi connectivity index (χ3n) is 3.39. The zero-order valence-corrected chi connectivity index (χ0v) is 12.2. The van der Waals surface area contributed by atoms with Crippen LogP contribution in [-0.2, 0) is 11.3 Å². The van der Waals surface area contributed by atoms with E-state index >= 15 is 0 Å². The second-order valence-electron chi connectivity index (χ2n) is 5.24. The first kappa shape index (κ1) is 14.5. The van der Waals surface area contributed by atoms with Gasteiger partial charge in [0.2, 0.25) is 0 Å². The highest BCUT2D eigenvalue weighted by Crippen LogP contribution is 2.25. The van der Waals surface area contributed by atoms with E-state index in [1.165, 1.54) is 0 Å². The molecule has 1 aromatic heterocycles. The van der Waals surface area contributed by atoms with Crippen LogP contribution in [0.4, 0.5) is 5.82 Å². The maximum Gasteiger partial charge on any atom is 0.158 e. The number of aromatic nitrogens is 2. The molecule has 1 unspecified atom stereocenters. The maximum absolute atomic E-state index is 10.1. The first-order valence-electron chi connectivity index (χ1n) is 6.50. The molecule has 5 nitrogen and oxygen atoms in total. The van der Waals surface area contributed by atoms with E-state index < -0.39 is 5.60 Å². The first-order valence-corrected chi connectivity index (χ1v) is 6.88. The third kappa shape index (κ3) is 4.03. The van der Waals surface area contributed by atoms with Gasteiger partial charge in [0.25, 0.3) is 0 Å². The molecule has 1 aromatic rings. The highest BCUT2D eigenvalue weighted by atomic mass is 35.5. The highest BCUT2D eigenvalue weighted by Gasteiger charge is 2.25. The summed E-state index contributed by atoms with van der Waals surface area (Å²) < 4.78 is 5.04. The summed E-state index contributed by atoms with van der Waals surface area (Å²) in [6.45, 7) is 3.88.